The van der Waals surface area contributed by atoms with Crippen LogP contribution in [0.15, 0.2) is 70.5 Å². The Labute approximate surface area is 188 Å². The van der Waals surface area contributed by atoms with Gasteiger partial charge in [-0.25, -0.2) is 0 Å². The number of allylic oxidation sites excluding steroid dienone is 3. The summed E-state index contributed by atoms with van der Waals surface area (Å²) in [4.78, 5) is 19.8. The summed E-state index contributed by atoms with van der Waals surface area (Å²) in [5.41, 5.74) is 5.32. The van der Waals surface area contributed by atoms with Crippen LogP contribution in [0.2, 0.25) is 0 Å². The summed E-state index contributed by atoms with van der Waals surface area (Å²) in [6.45, 7) is 19.1. The molecule has 1 aromatic carbocycles. The first-order valence-corrected chi connectivity index (χ1v) is 10.3. The molecule has 0 aliphatic carbocycles. The van der Waals surface area contributed by atoms with Gasteiger partial charge in [-0.05, 0) is 70.4 Å². The monoisotopic (exact) mass is 420 g/mol. The molecule has 31 heavy (non-hydrogen) atoms. The molecule has 0 saturated carbocycles. The van der Waals surface area contributed by atoms with Crippen LogP contribution in [-0.4, -0.2) is 24.3 Å². The van der Waals surface area contributed by atoms with Gasteiger partial charge in [0.1, 0.15) is 0 Å². The van der Waals surface area contributed by atoms with Crippen molar-refractivity contribution in [3.05, 3.63) is 71.6 Å². The third-order valence-corrected chi connectivity index (χ3v) is 4.34. The zero-order chi connectivity index (χ0) is 24.0. The molecule has 0 amide bonds. The molecule has 0 unspecified atom stereocenters. The number of nitriles is 1. The molecule has 0 bridgehead atoms. The molecular weight excluding hydrogens is 384 g/mol. The van der Waals surface area contributed by atoms with E-state index in [0.717, 1.165) is 24.1 Å². The van der Waals surface area contributed by atoms with Crippen molar-refractivity contribution in [1.29, 1.82) is 5.26 Å². The zero-order valence-corrected chi connectivity index (χ0v) is 20.0. The minimum atomic E-state index is -0.00980. The zero-order valence-electron chi connectivity index (χ0n) is 20.0. The highest BCUT2D eigenvalue weighted by molar-refractivity contribution is 6.12. The molecule has 0 aromatic heterocycles. The van der Waals surface area contributed by atoms with Crippen molar-refractivity contribution in [2.45, 2.75) is 60.4 Å². The molecule has 0 saturated heterocycles. The van der Waals surface area contributed by atoms with E-state index >= 15 is 0 Å². The van der Waals surface area contributed by atoms with Gasteiger partial charge in [-0.2, -0.15) is 5.26 Å². The minimum Gasteiger partial charge on any atom is -0.377 e. The summed E-state index contributed by atoms with van der Waals surface area (Å²) in [6, 6.07) is 9.70. The SMILES string of the molecule is C=C(C)N=C(/C=C(\C)C(C)=O)C(=C)N[C@@H](CCC)c1ccc(C#N)cc1.CN=C(C)C. The normalized spacial score (nSPS) is 11.9. The molecular formula is C26H36N4O. The summed E-state index contributed by atoms with van der Waals surface area (Å²) < 4.78 is 0. The standard InChI is InChI=1S/C22H27N3O.C4H9N/c1-7-8-21(20-11-9-19(14-23)10-12-20)25-17(5)22(24-15(2)3)13-16(4)18(6)26;1-4(2)5-3/h9-13,21,25H,2,5,7-8H2,1,3-4,6H3;1-3H3/b16-13+,24-22?;/t21-;/m0./s1. The summed E-state index contributed by atoms with van der Waals surface area (Å²) >= 11 is 0. The van der Waals surface area contributed by atoms with E-state index in [0.29, 0.717) is 28.2 Å². The van der Waals surface area contributed by atoms with Gasteiger partial charge < -0.3 is 5.32 Å². The van der Waals surface area contributed by atoms with Gasteiger partial charge in [-0.1, -0.05) is 38.6 Å². The van der Waals surface area contributed by atoms with Crippen LogP contribution in [-0.2, 0) is 4.79 Å². The number of nitrogens with zero attached hydrogens (tertiary/aromatic N) is 3. The van der Waals surface area contributed by atoms with E-state index < -0.39 is 0 Å². The molecule has 1 aromatic rings. The summed E-state index contributed by atoms with van der Waals surface area (Å²) in [6.07, 6.45) is 3.62. The molecule has 1 N–H and O–H groups in total. The Morgan fingerprint density at radius 1 is 1.16 bits per heavy atom. The fraction of sp³-hybridized carbons (Fsp3) is 0.385. The maximum Gasteiger partial charge on any atom is 0.155 e. The highest BCUT2D eigenvalue weighted by atomic mass is 16.1. The van der Waals surface area contributed by atoms with E-state index in [1.165, 1.54) is 6.92 Å². The molecule has 5 nitrogen and oxygen atoms in total. The second kappa shape index (κ2) is 14.7. The molecule has 166 valence electrons. The van der Waals surface area contributed by atoms with E-state index in [1.54, 1.807) is 27.0 Å². The molecule has 1 atom stereocenters. The Kier molecular flexibility index (Phi) is 13.1. The molecule has 0 aliphatic rings. The van der Waals surface area contributed by atoms with E-state index in [4.69, 9.17) is 5.26 Å². The Morgan fingerprint density at radius 3 is 2.10 bits per heavy atom. The van der Waals surface area contributed by atoms with E-state index in [9.17, 15) is 4.79 Å². The lowest BCUT2D eigenvalue weighted by Crippen LogP contribution is -2.24. The number of benzene rings is 1. The van der Waals surface area contributed by atoms with Gasteiger partial charge in [0.05, 0.1) is 29.1 Å². The van der Waals surface area contributed by atoms with Crippen molar-refractivity contribution in [3.63, 3.8) is 0 Å². The summed E-state index contributed by atoms with van der Waals surface area (Å²) in [5, 5.41) is 12.4. The molecule has 1 rings (SSSR count). The number of aliphatic imine (C=N–C) groups is 2. The van der Waals surface area contributed by atoms with Crippen molar-refractivity contribution in [1.82, 2.24) is 5.32 Å². The lowest BCUT2D eigenvalue weighted by atomic mass is 10.00. The van der Waals surface area contributed by atoms with Gasteiger partial charge in [-0.15, -0.1) is 0 Å². The Bertz CT molecular complexity index is 892. The minimum absolute atomic E-state index is 0.00980. The predicted molar refractivity (Wildman–Crippen MR) is 132 cm³/mol. The van der Waals surface area contributed by atoms with Gasteiger partial charge in [0.25, 0.3) is 0 Å². The number of hydrogen-bond donors (Lipinski definition) is 1. The van der Waals surface area contributed by atoms with Crippen LogP contribution in [0, 0.1) is 11.3 Å². The van der Waals surface area contributed by atoms with Gasteiger partial charge in [0, 0.05) is 18.5 Å². The fourth-order valence-electron chi connectivity index (χ4n) is 2.38. The highest BCUT2D eigenvalue weighted by Gasteiger charge is 2.14. The number of ketones is 1. The summed E-state index contributed by atoms with van der Waals surface area (Å²) in [5.74, 6) is -0.00980. The summed E-state index contributed by atoms with van der Waals surface area (Å²) in [7, 11) is 1.79. The van der Waals surface area contributed by atoms with Crippen LogP contribution in [0.3, 0.4) is 0 Å². The number of nitrogens with one attached hydrogen (secondary N) is 1. The average Bonchev–Trinajstić information content (AvgIpc) is 2.72. The third kappa shape index (κ3) is 11.5. The van der Waals surface area contributed by atoms with Gasteiger partial charge in [0.2, 0.25) is 0 Å². The first-order valence-electron chi connectivity index (χ1n) is 10.3. The third-order valence-electron chi connectivity index (χ3n) is 4.34. The first kappa shape index (κ1) is 27.7. The molecule has 0 spiro atoms. The van der Waals surface area contributed by atoms with Crippen LogP contribution in [0.5, 0.6) is 0 Å². The average molecular weight is 421 g/mol. The fourth-order valence-corrected chi connectivity index (χ4v) is 2.38. The number of Topliss-reactive ketones (excluding diaryl/α,β-unsaturated/α-hetero) is 1. The topological polar surface area (TPSA) is 77.6 Å². The lowest BCUT2D eigenvalue weighted by molar-refractivity contribution is -0.113. The number of rotatable bonds is 9. The molecule has 0 heterocycles. The highest BCUT2D eigenvalue weighted by Crippen LogP contribution is 2.21. The van der Waals surface area contributed by atoms with Crippen molar-refractivity contribution in [2.75, 3.05) is 7.05 Å². The second-order valence-electron chi connectivity index (χ2n) is 7.48. The maximum atomic E-state index is 11.6. The molecule has 0 aliphatic heterocycles. The van der Waals surface area contributed by atoms with Crippen molar-refractivity contribution in [3.8, 4) is 6.07 Å². The Morgan fingerprint density at radius 2 is 1.71 bits per heavy atom. The Hall–Kier alpha value is -3.26. The largest absolute Gasteiger partial charge is 0.377 e. The smallest absolute Gasteiger partial charge is 0.155 e. The van der Waals surface area contributed by atoms with Crippen LogP contribution >= 0.6 is 0 Å². The van der Waals surface area contributed by atoms with E-state index in [2.05, 4.69) is 41.5 Å². The van der Waals surface area contributed by atoms with Crippen molar-refractivity contribution < 1.29 is 4.79 Å². The van der Waals surface area contributed by atoms with Crippen LogP contribution in [0.4, 0.5) is 0 Å². The van der Waals surface area contributed by atoms with E-state index in [1.807, 2.05) is 38.1 Å². The lowest BCUT2D eigenvalue weighted by Gasteiger charge is -2.22. The van der Waals surface area contributed by atoms with Gasteiger partial charge >= 0.3 is 0 Å². The van der Waals surface area contributed by atoms with Crippen molar-refractivity contribution in [2.24, 2.45) is 9.98 Å². The number of hydrogen-bond acceptors (Lipinski definition) is 5. The van der Waals surface area contributed by atoms with Crippen LogP contribution in [0.25, 0.3) is 0 Å². The number of carbonyl (C=O) groups is 1. The number of carbonyl (C=O) groups excluding carboxylic acids is 1. The maximum absolute atomic E-state index is 11.6. The quantitative estimate of drug-likeness (QED) is 0.387. The first-order chi connectivity index (χ1) is 14.5. The molecule has 5 heteroatoms. The molecule has 0 radical (unpaired) electrons. The van der Waals surface area contributed by atoms with Gasteiger partial charge in [-0.3, -0.25) is 14.8 Å². The van der Waals surface area contributed by atoms with E-state index in [-0.39, 0.29) is 11.8 Å². The Balaban J connectivity index is 0.00000161. The van der Waals surface area contributed by atoms with Crippen LogP contribution in [0.1, 0.15) is 71.6 Å². The second-order valence-corrected chi connectivity index (χ2v) is 7.48. The van der Waals surface area contributed by atoms with Crippen molar-refractivity contribution >= 4 is 17.2 Å². The van der Waals surface area contributed by atoms with Crippen LogP contribution < -0.4 is 5.32 Å². The molecule has 0 fully saturated rings. The van der Waals surface area contributed by atoms with Gasteiger partial charge in [0.15, 0.2) is 5.78 Å². The predicted octanol–water partition coefficient (Wildman–Crippen LogP) is 6.11.